The van der Waals surface area contributed by atoms with E-state index in [0.29, 0.717) is 0 Å². The second kappa shape index (κ2) is 9.09. The Labute approximate surface area is 194 Å². The SMILES string of the molecule is Cn1c(/C=C(\c2ccccc2)c2cc[n+](C)cc2)nc(-c2ccccc2)c1-c1ccccc1. The number of benzene rings is 3. The van der Waals surface area contributed by atoms with E-state index >= 15 is 0 Å². The fourth-order valence-electron chi connectivity index (χ4n) is 4.13. The molecule has 0 bridgehead atoms. The first kappa shape index (κ1) is 20.7. The van der Waals surface area contributed by atoms with E-state index in [1.165, 1.54) is 0 Å². The van der Waals surface area contributed by atoms with Crippen LogP contribution in [-0.4, -0.2) is 9.55 Å². The summed E-state index contributed by atoms with van der Waals surface area (Å²) in [7, 11) is 4.13. The molecule has 5 aromatic rings. The van der Waals surface area contributed by atoms with Gasteiger partial charge in [0.05, 0.1) is 11.4 Å². The summed E-state index contributed by atoms with van der Waals surface area (Å²) in [6.45, 7) is 0. The Morgan fingerprint density at radius 1 is 0.697 bits per heavy atom. The molecule has 0 saturated heterocycles. The van der Waals surface area contributed by atoms with E-state index < -0.39 is 0 Å². The molecule has 0 N–H and O–H groups in total. The third kappa shape index (κ3) is 4.26. The van der Waals surface area contributed by atoms with Gasteiger partial charge in [-0.3, -0.25) is 0 Å². The van der Waals surface area contributed by atoms with E-state index in [9.17, 15) is 0 Å². The minimum Gasteiger partial charge on any atom is -0.327 e. The highest BCUT2D eigenvalue weighted by Gasteiger charge is 2.18. The molecule has 0 spiro atoms. The van der Waals surface area contributed by atoms with Crippen LogP contribution in [0.25, 0.3) is 34.2 Å². The van der Waals surface area contributed by atoms with E-state index in [1.807, 2.05) is 29.8 Å². The van der Waals surface area contributed by atoms with E-state index in [0.717, 1.165) is 45.0 Å². The molecule has 3 aromatic carbocycles. The molecule has 0 fully saturated rings. The number of hydrogen-bond acceptors (Lipinski definition) is 1. The fourth-order valence-corrected chi connectivity index (χ4v) is 4.13. The summed E-state index contributed by atoms with van der Waals surface area (Å²) in [6, 6.07) is 35.7. The molecule has 160 valence electrons. The second-order valence-corrected chi connectivity index (χ2v) is 8.13. The Hall–Kier alpha value is -4.24. The van der Waals surface area contributed by atoms with Crippen molar-refractivity contribution in [2.24, 2.45) is 14.1 Å². The van der Waals surface area contributed by atoms with Crippen molar-refractivity contribution in [3.05, 3.63) is 132 Å². The third-order valence-corrected chi connectivity index (χ3v) is 5.87. The maximum absolute atomic E-state index is 5.15. The standard InChI is InChI=1S/C30H26N3/c1-32-20-18-24(19-21-32)27(23-12-6-3-7-13-23)22-28-31-29(25-14-8-4-9-15-25)30(33(28)2)26-16-10-5-11-17-26/h3-22H,1-2H3/q+1. The predicted octanol–water partition coefficient (Wildman–Crippen LogP) is 6.17. The number of rotatable bonds is 5. The van der Waals surface area contributed by atoms with Gasteiger partial charge in [-0.2, -0.15) is 0 Å². The summed E-state index contributed by atoms with van der Waals surface area (Å²) in [4.78, 5) is 5.15. The number of aryl methyl sites for hydroxylation is 1. The lowest BCUT2D eigenvalue weighted by molar-refractivity contribution is -0.671. The molecule has 0 amide bonds. The number of aromatic nitrogens is 3. The monoisotopic (exact) mass is 428 g/mol. The van der Waals surface area contributed by atoms with Crippen molar-refractivity contribution in [2.75, 3.05) is 0 Å². The van der Waals surface area contributed by atoms with Gasteiger partial charge in [0.15, 0.2) is 12.4 Å². The van der Waals surface area contributed by atoms with E-state index in [4.69, 9.17) is 4.98 Å². The van der Waals surface area contributed by atoms with Crippen molar-refractivity contribution in [3.63, 3.8) is 0 Å². The summed E-state index contributed by atoms with van der Waals surface area (Å²) in [6.07, 6.45) is 6.36. The zero-order valence-electron chi connectivity index (χ0n) is 18.9. The van der Waals surface area contributed by atoms with Crippen LogP contribution in [0, 0.1) is 0 Å². The first-order valence-electron chi connectivity index (χ1n) is 11.1. The molecule has 0 aliphatic carbocycles. The number of pyridine rings is 1. The molecular weight excluding hydrogens is 402 g/mol. The van der Waals surface area contributed by atoms with Gasteiger partial charge in [-0.25, -0.2) is 9.55 Å². The van der Waals surface area contributed by atoms with Crippen molar-refractivity contribution in [1.82, 2.24) is 9.55 Å². The Bertz CT molecular complexity index is 1380. The van der Waals surface area contributed by atoms with Crippen molar-refractivity contribution in [1.29, 1.82) is 0 Å². The van der Waals surface area contributed by atoms with Gasteiger partial charge in [-0.1, -0.05) is 91.0 Å². The maximum atomic E-state index is 5.15. The molecule has 0 aliphatic heterocycles. The molecule has 33 heavy (non-hydrogen) atoms. The van der Waals surface area contributed by atoms with Gasteiger partial charge in [0, 0.05) is 30.3 Å². The normalized spacial score (nSPS) is 11.5. The first-order chi connectivity index (χ1) is 16.2. The molecule has 2 heterocycles. The van der Waals surface area contributed by atoms with Gasteiger partial charge >= 0.3 is 0 Å². The van der Waals surface area contributed by atoms with Gasteiger partial charge in [0.25, 0.3) is 0 Å². The highest BCUT2D eigenvalue weighted by atomic mass is 15.1. The molecular formula is C30H26N3+. The van der Waals surface area contributed by atoms with Crippen LogP contribution in [-0.2, 0) is 14.1 Å². The molecule has 0 saturated carbocycles. The summed E-state index contributed by atoms with van der Waals surface area (Å²) in [5.74, 6) is 0.916. The van der Waals surface area contributed by atoms with Gasteiger partial charge < -0.3 is 4.57 Å². The molecule has 0 radical (unpaired) electrons. The molecule has 5 rings (SSSR count). The zero-order valence-corrected chi connectivity index (χ0v) is 18.9. The molecule has 2 aromatic heterocycles. The Balaban J connectivity index is 1.74. The van der Waals surface area contributed by atoms with Gasteiger partial charge in [-0.15, -0.1) is 0 Å². The van der Waals surface area contributed by atoms with Gasteiger partial charge in [0.2, 0.25) is 0 Å². The largest absolute Gasteiger partial charge is 0.327 e. The average molecular weight is 429 g/mol. The zero-order chi connectivity index (χ0) is 22.6. The minimum atomic E-state index is 0.916. The highest BCUT2D eigenvalue weighted by Crippen LogP contribution is 2.34. The number of nitrogens with zero attached hydrogens (tertiary/aromatic N) is 3. The third-order valence-electron chi connectivity index (χ3n) is 5.87. The average Bonchev–Trinajstić information content (AvgIpc) is 3.20. The van der Waals surface area contributed by atoms with Crippen molar-refractivity contribution >= 4 is 11.6 Å². The van der Waals surface area contributed by atoms with Gasteiger partial charge in [0.1, 0.15) is 12.9 Å². The predicted molar refractivity (Wildman–Crippen MR) is 135 cm³/mol. The fraction of sp³-hybridized carbons (Fsp3) is 0.0667. The van der Waals surface area contributed by atoms with Crippen LogP contribution in [0.15, 0.2) is 116 Å². The van der Waals surface area contributed by atoms with Crippen LogP contribution in [0.3, 0.4) is 0 Å². The molecule has 3 nitrogen and oxygen atoms in total. The maximum Gasteiger partial charge on any atom is 0.169 e. The van der Waals surface area contributed by atoms with Crippen LogP contribution in [0.4, 0.5) is 0 Å². The number of imidazole rings is 1. The van der Waals surface area contributed by atoms with E-state index in [2.05, 4.69) is 115 Å². The summed E-state index contributed by atoms with van der Waals surface area (Å²) in [5, 5.41) is 0. The Morgan fingerprint density at radius 2 is 1.21 bits per heavy atom. The molecule has 0 unspecified atom stereocenters. The highest BCUT2D eigenvalue weighted by molar-refractivity contribution is 5.91. The van der Waals surface area contributed by atoms with Crippen LogP contribution >= 0.6 is 0 Å². The summed E-state index contributed by atoms with van der Waals surface area (Å²) < 4.78 is 4.25. The van der Waals surface area contributed by atoms with Crippen LogP contribution < -0.4 is 4.57 Å². The molecule has 3 heteroatoms. The first-order valence-corrected chi connectivity index (χ1v) is 11.1. The molecule has 0 atom stereocenters. The summed E-state index contributed by atoms with van der Waals surface area (Å²) >= 11 is 0. The molecule has 0 aliphatic rings. The van der Waals surface area contributed by atoms with Gasteiger partial charge in [-0.05, 0) is 22.8 Å². The van der Waals surface area contributed by atoms with E-state index in [-0.39, 0.29) is 0 Å². The quantitative estimate of drug-likeness (QED) is 0.307. The van der Waals surface area contributed by atoms with Crippen molar-refractivity contribution < 1.29 is 4.57 Å². The smallest absolute Gasteiger partial charge is 0.169 e. The Kier molecular flexibility index (Phi) is 5.69. The lowest BCUT2D eigenvalue weighted by Crippen LogP contribution is -2.25. The summed E-state index contributed by atoms with van der Waals surface area (Å²) in [5.41, 5.74) is 7.83. The lowest BCUT2D eigenvalue weighted by atomic mass is 9.98. The lowest BCUT2D eigenvalue weighted by Gasteiger charge is -2.09. The Morgan fingerprint density at radius 3 is 1.82 bits per heavy atom. The van der Waals surface area contributed by atoms with Crippen molar-refractivity contribution in [2.45, 2.75) is 0 Å². The van der Waals surface area contributed by atoms with Crippen LogP contribution in [0.1, 0.15) is 17.0 Å². The minimum absolute atomic E-state index is 0.916. The van der Waals surface area contributed by atoms with Crippen LogP contribution in [0.5, 0.6) is 0 Å². The second-order valence-electron chi connectivity index (χ2n) is 8.13. The number of hydrogen-bond donors (Lipinski definition) is 0. The van der Waals surface area contributed by atoms with E-state index in [1.54, 1.807) is 0 Å². The van der Waals surface area contributed by atoms with Crippen molar-refractivity contribution in [3.8, 4) is 22.5 Å². The topological polar surface area (TPSA) is 21.7 Å². The van der Waals surface area contributed by atoms with Crippen LogP contribution in [0.2, 0.25) is 0 Å².